The number of benzene rings is 1. The largest absolute Gasteiger partial charge is 0.444 e. The number of ether oxygens (including phenoxy) is 1. The third-order valence-corrected chi connectivity index (χ3v) is 3.81. The number of nitrogens with zero attached hydrogens (tertiary/aromatic N) is 3. The van der Waals surface area contributed by atoms with Gasteiger partial charge in [-0.1, -0.05) is 0 Å². The van der Waals surface area contributed by atoms with Crippen LogP contribution in [0.5, 0.6) is 0 Å². The first-order valence-electron chi connectivity index (χ1n) is 8.69. The Labute approximate surface area is 159 Å². The Morgan fingerprint density at radius 3 is 2.30 bits per heavy atom. The normalized spacial score (nSPS) is 15.1. The number of amides is 2. The van der Waals surface area contributed by atoms with E-state index >= 15 is 0 Å². The van der Waals surface area contributed by atoms with Gasteiger partial charge in [0.05, 0.1) is 0 Å². The number of carbonyl (C=O) groups excluding carboxylic acids is 2. The molecular formula is C19H25N5O3. The SMILES string of the molecule is CC(C)(C)OC(=O)N1CCN(/C=C(/C#N)C(=O)Nc2ccc(N)cc2)CC1. The van der Waals surface area contributed by atoms with E-state index in [1.165, 1.54) is 6.20 Å². The van der Waals surface area contributed by atoms with Gasteiger partial charge in [0.1, 0.15) is 17.2 Å². The zero-order valence-corrected chi connectivity index (χ0v) is 15.9. The smallest absolute Gasteiger partial charge is 0.410 e. The van der Waals surface area contributed by atoms with E-state index in [1.807, 2.05) is 31.7 Å². The fourth-order valence-corrected chi connectivity index (χ4v) is 2.45. The van der Waals surface area contributed by atoms with Crippen molar-refractivity contribution in [2.24, 2.45) is 0 Å². The zero-order valence-electron chi connectivity index (χ0n) is 15.9. The van der Waals surface area contributed by atoms with Gasteiger partial charge in [0.2, 0.25) is 0 Å². The highest BCUT2D eigenvalue weighted by molar-refractivity contribution is 6.06. The van der Waals surface area contributed by atoms with Crippen LogP contribution in [0, 0.1) is 11.3 Å². The Morgan fingerprint density at radius 1 is 1.19 bits per heavy atom. The number of piperazine rings is 1. The summed E-state index contributed by atoms with van der Waals surface area (Å²) < 4.78 is 5.36. The van der Waals surface area contributed by atoms with E-state index in [0.29, 0.717) is 37.6 Å². The second-order valence-corrected chi connectivity index (χ2v) is 7.23. The van der Waals surface area contributed by atoms with Gasteiger partial charge in [0, 0.05) is 43.8 Å². The van der Waals surface area contributed by atoms with Crippen molar-refractivity contribution in [3.63, 3.8) is 0 Å². The van der Waals surface area contributed by atoms with E-state index in [0.717, 1.165) is 0 Å². The molecule has 1 aliphatic rings. The summed E-state index contributed by atoms with van der Waals surface area (Å²) in [5, 5.41) is 12.0. The van der Waals surface area contributed by atoms with E-state index in [2.05, 4.69) is 5.32 Å². The summed E-state index contributed by atoms with van der Waals surface area (Å²) in [6.07, 6.45) is 1.17. The highest BCUT2D eigenvalue weighted by Gasteiger charge is 2.25. The average Bonchev–Trinajstić information content (AvgIpc) is 2.60. The van der Waals surface area contributed by atoms with Crippen LogP contribution in [0.4, 0.5) is 16.2 Å². The van der Waals surface area contributed by atoms with Crippen molar-refractivity contribution in [1.82, 2.24) is 9.80 Å². The number of carbonyl (C=O) groups is 2. The molecule has 1 heterocycles. The maximum absolute atomic E-state index is 12.3. The minimum absolute atomic E-state index is 0.00227. The molecule has 0 spiro atoms. The predicted octanol–water partition coefficient (Wildman–Crippen LogP) is 2.17. The van der Waals surface area contributed by atoms with E-state index < -0.39 is 11.5 Å². The molecule has 27 heavy (non-hydrogen) atoms. The fourth-order valence-electron chi connectivity index (χ4n) is 2.45. The van der Waals surface area contributed by atoms with Crippen LogP contribution in [0.25, 0.3) is 0 Å². The number of nitrogens with two attached hydrogens (primary N) is 1. The number of nitrogen functional groups attached to an aromatic ring is 1. The Kier molecular flexibility index (Phi) is 6.29. The molecule has 0 aromatic heterocycles. The fraction of sp³-hybridized carbons (Fsp3) is 0.421. The van der Waals surface area contributed by atoms with Gasteiger partial charge >= 0.3 is 6.09 Å². The molecule has 0 aliphatic carbocycles. The standard InChI is InChI=1S/C19H25N5O3/c1-19(2,3)27-18(26)24-10-8-23(9-11-24)13-14(12-20)17(25)22-16-6-4-15(21)5-7-16/h4-7,13H,8-11,21H2,1-3H3,(H,22,25)/b14-13-. The first-order chi connectivity index (χ1) is 12.7. The van der Waals surface area contributed by atoms with Crippen LogP contribution in [-0.2, 0) is 9.53 Å². The van der Waals surface area contributed by atoms with E-state index in [-0.39, 0.29) is 11.7 Å². The average molecular weight is 371 g/mol. The minimum Gasteiger partial charge on any atom is -0.444 e. The van der Waals surface area contributed by atoms with Crippen LogP contribution < -0.4 is 11.1 Å². The van der Waals surface area contributed by atoms with Gasteiger partial charge in [0.25, 0.3) is 5.91 Å². The first-order valence-corrected chi connectivity index (χ1v) is 8.69. The lowest BCUT2D eigenvalue weighted by Crippen LogP contribution is -2.48. The number of rotatable bonds is 3. The Morgan fingerprint density at radius 2 is 1.78 bits per heavy atom. The third-order valence-electron chi connectivity index (χ3n) is 3.81. The van der Waals surface area contributed by atoms with Gasteiger partial charge < -0.3 is 25.6 Å². The second kappa shape index (κ2) is 8.45. The van der Waals surface area contributed by atoms with Crippen molar-refractivity contribution >= 4 is 23.4 Å². The third kappa shape index (κ3) is 6.22. The van der Waals surface area contributed by atoms with Crippen LogP contribution in [0.1, 0.15) is 20.8 Å². The monoisotopic (exact) mass is 371 g/mol. The number of hydrogen-bond donors (Lipinski definition) is 2. The predicted molar refractivity (Wildman–Crippen MR) is 103 cm³/mol. The molecule has 2 amide bonds. The summed E-state index contributed by atoms with van der Waals surface area (Å²) in [7, 11) is 0. The zero-order chi connectivity index (χ0) is 20.0. The van der Waals surface area contributed by atoms with Crippen LogP contribution in [0.15, 0.2) is 36.0 Å². The van der Waals surface area contributed by atoms with Crippen molar-refractivity contribution in [2.45, 2.75) is 26.4 Å². The maximum Gasteiger partial charge on any atom is 0.410 e. The molecule has 0 radical (unpaired) electrons. The van der Waals surface area contributed by atoms with Crippen molar-refractivity contribution in [1.29, 1.82) is 5.26 Å². The summed E-state index contributed by atoms with van der Waals surface area (Å²) in [5.41, 5.74) is 6.22. The summed E-state index contributed by atoms with van der Waals surface area (Å²) in [4.78, 5) is 27.8. The quantitative estimate of drug-likeness (QED) is 0.478. The molecule has 1 aliphatic heterocycles. The summed E-state index contributed by atoms with van der Waals surface area (Å²) in [6, 6.07) is 8.60. The Balaban J connectivity index is 1.93. The Hall–Kier alpha value is -3.21. The molecule has 3 N–H and O–H groups in total. The summed E-state index contributed by atoms with van der Waals surface area (Å²) in [5.74, 6) is -0.489. The van der Waals surface area contributed by atoms with Gasteiger partial charge in [-0.05, 0) is 45.0 Å². The highest BCUT2D eigenvalue weighted by atomic mass is 16.6. The lowest BCUT2D eigenvalue weighted by Gasteiger charge is -2.35. The van der Waals surface area contributed by atoms with Crippen molar-refractivity contribution in [3.8, 4) is 6.07 Å². The van der Waals surface area contributed by atoms with Gasteiger partial charge in [-0.25, -0.2) is 4.79 Å². The molecule has 0 unspecified atom stereocenters. The second-order valence-electron chi connectivity index (χ2n) is 7.23. The molecule has 144 valence electrons. The number of nitrogens with one attached hydrogen (secondary N) is 1. The van der Waals surface area contributed by atoms with Gasteiger partial charge in [-0.2, -0.15) is 5.26 Å². The molecule has 0 bridgehead atoms. The number of anilines is 2. The topological polar surface area (TPSA) is 112 Å². The molecule has 8 nitrogen and oxygen atoms in total. The molecule has 1 fully saturated rings. The molecule has 8 heteroatoms. The van der Waals surface area contributed by atoms with Crippen molar-refractivity contribution < 1.29 is 14.3 Å². The van der Waals surface area contributed by atoms with Crippen LogP contribution in [0.2, 0.25) is 0 Å². The highest BCUT2D eigenvalue weighted by Crippen LogP contribution is 2.14. The van der Waals surface area contributed by atoms with Crippen molar-refractivity contribution in [2.75, 3.05) is 37.2 Å². The minimum atomic E-state index is -0.539. The van der Waals surface area contributed by atoms with E-state index in [4.69, 9.17) is 10.5 Å². The molecular weight excluding hydrogens is 346 g/mol. The number of nitriles is 1. The summed E-state index contributed by atoms with van der Waals surface area (Å²) in [6.45, 7) is 7.42. The van der Waals surface area contributed by atoms with Gasteiger partial charge in [-0.15, -0.1) is 0 Å². The molecule has 1 aromatic rings. The molecule has 2 rings (SSSR count). The molecule has 1 saturated heterocycles. The molecule has 0 atom stereocenters. The maximum atomic E-state index is 12.3. The van der Waals surface area contributed by atoms with Gasteiger partial charge in [0.15, 0.2) is 0 Å². The Bertz CT molecular complexity index is 751. The lowest BCUT2D eigenvalue weighted by atomic mass is 10.2. The van der Waals surface area contributed by atoms with Crippen molar-refractivity contribution in [3.05, 3.63) is 36.0 Å². The first kappa shape index (κ1) is 20.1. The van der Waals surface area contributed by atoms with E-state index in [9.17, 15) is 14.9 Å². The van der Waals surface area contributed by atoms with Crippen LogP contribution >= 0.6 is 0 Å². The summed E-state index contributed by atoms with van der Waals surface area (Å²) >= 11 is 0. The van der Waals surface area contributed by atoms with Crippen LogP contribution in [-0.4, -0.2) is 53.6 Å². The van der Waals surface area contributed by atoms with Gasteiger partial charge in [-0.3, -0.25) is 4.79 Å². The lowest BCUT2D eigenvalue weighted by molar-refractivity contribution is -0.112. The number of hydrogen-bond acceptors (Lipinski definition) is 6. The molecule has 1 aromatic carbocycles. The van der Waals surface area contributed by atoms with Crippen LogP contribution in [0.3, 0.4) is 0 Å². The van der Waals surface area contributed by atoms with E-state index in [1.54, 1.807) is 29.2 Å². The molecule has 0 saturated carbocycles.